The maximum absolute atomic E-state index is 6.08. The van der Waals surface area contributed by atoms with Crippen LogP contribution >= 0.6 is 0 Å². The van der Waals surface area contributed by atoms with Gasteiger partial charge in [0, 0.05) is 17.7 Å². The molecule has 0 aliphatic carbocycles. The van der Waals surface area contributed by atoms with Gasteiger partial charge in [-0.1, -0.05) is 24.3 Å². The molecule has 0 bridgehead atoms. The van der Waals surface area contributed by atoms with Gasteiger partial charge in [-0.2, -0.15) is 0 Å². The van der Waals surface area contributed by atoms with Crippen LogP contribution in [0.2, 0.25) is 0 Å². The summed E-state index contributed by atoms with van der Waals surface area (Å²) in [5, 5.41) is 3.59. The van der Waals surface area contributed by atoms with Gasteiger partial charge in [0.1, 0.15) is 5.75 Å². The SMILES string of the molecule is COc1ccc2c3c1Oc1ccccc1C3NCC2. The van der Waals surface area contributed by atoms with E-state index in [0.717, 1.165) is 30.2 Å². The molecule has 2 aliphatic heterocycles. The molecule has 1 unspecified atom stereocenters. The maximum Gasteiger partial charge on any atom is 0.174 e. The lowest BCUT2D eigenvalue weighted by Crippen LogP contribution is -2.32. The zero-order chi connectivity index (χ0) is 12.8. The number of nitrogens with one attached hydrogen (secondary N) is 1. The van der Waals surface area contributed by atoms with E-state index in [-0.39, 0.29) is 6.04 Å². The summed E-state index contributed by atoms with van der Waals surface area (Å²) in [4.78, 5) is 0. The Kier molecular flexibility index (Phi) is 2.29. The molecule has 2 aromatic carbocycles. The largest absolute Gasteiger partial charge is 0.493 e. The molecule has 0 amide bonds. The number of hydrogen-bond acceptors (Lipinski definition) is 3. The highest BCUT2D eigenvalue weighted by Gasteiger charge is 2.33. The van der Waals surface area contributed by atoms with E-state index >= 15 is 0 Å². The van der Waals surface area contributed by atoms with E-state index in [0.29, 0.717) is 0 Å². The molecular formula is C16H15NO2. The molecule has 96 valence electrons. The number of hydrogen-bond donors (Lipinski definition) is 1. The third-order valence-electron chi connectivity index (χ3n) is 3.94. The lowest BCUT2D eigenvalue weighted by atomic mass is 9.87. The second kappa shape index (κ2) is 4.00. The summed E-state index contributed by atoms with van der Waals surface area (Å²) in [5.74, 6) is 2.60. The number of rotatable bonds is 1. The highest BCUT2D eigenvalue weighted by molar-refractivity contribution is 5.61. The van der Waals surface area contributed by atoms with Crippen LogP contribution in [0.5, 0.6) is 17.2 Å². The third-order valence-corrected chi connectivity index (χ3v) is 3.94. The highest BCUT2D eigenvalue weighted by atomic mass is 16.5. The van der Waals surface area contributed by atoms with Crippen LogP contribution in [-0.4, -0.2) is 13.7 Å². The van der Waals surface area contributed by atoms with E-state index in [1.165, 1.54) is 16.7 Å². The first-order chi connectivity index (χ1) is 9.38. The molecule has 4 rings (SSSR count). The van der Waals surface area contributed by atoms with Gasteiger partial charge in [0.05, 0.1) is 13.2 Å². The van der Waals surface area contributed by atoms with E-state index in [9.17, 15) is 0 Å². The summed E-state index contributed by atoms with van der Waals surface area (Å²) < 4.78 is 11.5. The van der Waals surface area contributed by atoms with Gasteiger partial charge in [0.2, 0.25) is 0 Å². The zero-order valence-electron chi connectivity index (χ0n) is 10.8. The Bertz CT molecular complexity index is 651. The van der Waals surface area contributed by atoms with Gasteiger partial charge in [-0.15, -0.1) is 0 Å². The Labute approximate surface area is 112 Å². The van der Waals surface area contributed by atoms with Gasteiger partial charge in [-0.3, -0.25) is 0 Å². The first-order valence-electron chi connectivity index (χ1n) is 6.58. The normalized spacial score (nSPS) is 19.1. The number of fused-ring (bicyclic) bond motifs is 2. The van der Waals surface area contributed by atoms with Crippen LogP contribution in [0, 0.1) is 0 Å². The smallest absolute Gasteiger partial charge is 0.174 e. The van der Waals surface area contributed by atoms with E-state index in [1.54, 1.807) is 7.11 Å². The van der Waals surface area contributed by atoms with Gasteiger partial charge in [0.15, 0.2) is 11.5 Å². The predicted octanol–water partition coefficient (Wildman–Crippen LogP) is 3.04. The summed E-state index contributed by atoms with van der Waals surface area (Å²) in [6.07, 6.45) is 1.04. The van der Waals surface area contributed by atoms with Crippen LogP contribution < -0.4 is 14.8 Å². The Morgan fingerprint density at radius 2 is 2.11 bits per heavy atom. The molecule has 3 nitrogen and oxygen atoms in total. The molecule has 0 spiro atoms. The molecule has 3 heteroatoms. The minimum Gasteiger partial charge on any atom is -0.493 e. The van der Waals surface area contributed by atoms with E-state index < -0.39 is 0 Å². The van der Waals surface area contributed by atoms with Crippen LogP contribution in [0.4, 0.5) is 0 Å². The number of para-hydroxylation sites is 1. The molecule has 0 radical (unpaired) electrons. The summed E-state index contributed by atoms with van der Waals surface area (Å²) in [7, 11) is 1.69. The van der Waals surface area contributed by atoms with Crippen LogP contribution in [0.3, 0.4) is 0 Å². The molecule has 1 atom stereocenters. The molecule has 0 saturated carbocycles. The van der Waals surface area contributed by atoms with Gasteiger partial charge < -0.3 is 14.8 Å². The van der Waals surface area contributed by atoms with Crippen LogP contribution in [0.25, 0.3) is 0 Å². The predicted molar refractivity (Wildman–Crippen MR) is 73.1 cm³/mol. The highest BCUT2D eigenvalue weighted by Crippen LogP contribution is 2.49. The van der Waals surface area contributed by atoms with Gasteiger partial charge in [-0.05, 0) is 24.1 Å². The van der Waals surface area contributed by atoms with Crippen molar-refractivity contribution in [3.8, 4) is 17.2 Å². The molecule has 1 N–H and O–H groups in total. The second-order valence-corrected chi connectivity index (χ2v) is 4.95. The fraction of sp³-hybridized carbons (Fsp3) is 0.250. The molecule has 0 aromatic heterocycles. The Morgan fingerprint density at radius 3 is 3.00 bits per heavy atom. The Hall–Kier alpha value is -2.00. The minimum atomic E-state index is 0.221. The molecule has 2 aromatic rings. The lowest BCUT2D eigenvalue weighted by Gasteiger charge is -2.34. The quantitative estimate of drug-likeness (QED) is 0.847. The molecular weight excluding hydrogens is 238 g/mol. The average Bonchev–Trinajstić information content (AvgIpc) is 2.48. The number of ether oxygens (including phenoxy) is 2. The molecule has 0 fully saturated rings. The van der Waals surface area contributed by atoms with Crippen molar-refractivity contribution in [1.82, 2.24) is 5.32 Å². The molecule has 0 saturated heterocycles. The van der Waals surface area contributed by atoms with Crippen LogP contribution in [0.1, 0.15) is 22.7 Å². The fourth-order valence-electron chi connectivity index (χ4n) is 3.06. The monoisotopic (exact) mass is 253 g/mol. The third kappa shape index (κ3) is 1.48. The second-order valence-electron chi connectivity index (χ2n) is 4.95. The van der Waals surface area contributed by atoms with Gasteiger partial charge in [-0.25, -0.2) is 0 Å². The summed E-state index contributed by atoms with van der Waals surface area (Å²) >= 11 is 0. The van der Waals surface area contributed by atoms with Gasteiger partial charge in [0.25, 0.3) is 0 Å². The van der Waals surface area contributed by atoms with E-state index in [4.69, 9.17) is 9.47 Å². The molecule has 2 heterocycles. The Morgan fingerprint density at radius 1 is 1.21 bits per heavy atom. The van der Waals surface area contributed by atoms with Crippen molar-refractivity contribution in [2.45, 2.75) is 12.5 Å². The first-order valence-corrected chi connectivity index (χ1v) is 6.58. The molecule has 2 aliphatic rings. The fourth-order valence-corrected chi connectivity index (χ4v) is 3.06. The van der Waals surface area contributed by atoms with Crippen LogP contribution in [-0.2, 0) is 6.42 Å². The zero-order valence-corrected chi connectivity index (χ0v) is 10.8. The Balaban J connectivity index is 1.99. The van der Waals surface area contributed by atoms with Crippen molar-refractivity contribution in [3.63, 3.8) is 0 Å². The maximum atomic E-state index is 6.08. The van der Waals surface area contributed by atoms with Crippen molar-refractivity contribution < 1.29 is 9.47 Å². The molecule has 19 heavy (non-hydrogen) atoms. The van der Waals surface area contributed by atoms with Crippen molar-refractivity contribution in [1.29, 1.82) is 0 Å². The topological polar surface area (TPSA) is 30.5 Å². The average molecular weight is 253 g/mol. The van der Waals surface area contributed by atoms with E-state index in [2.05, 4.69) is 23.5 Å². The standard InChI is InChI=1S/C16H15NO2/c1-18-13-7-6-10-8-9-17-15-11-4-2-3-5-12(11)19-16(13)14(10)15/h2-7,15,17H,8-9H2,1H3. The summed E-state index contributed by atoms with van der Waals surface area (Å²) in [6, 6.07) is 12.6. The van der Waals surface area contributed by atoms with Crippen molar-refractivity contribution >= 4 is 0 Å². The summed E-state index contributed by atoms with van der Waals surface area (Å²) in [6.45, 7) is 0.998. The number of benzene rings is 2. The first kappa shape index (κ1) is 10.9. The van der Waals surface area contributed by atoms with Crippen molar-refractivity contribution in [3.05, 3.63) is 53.1 Å². The van der Waals surface area contributed by atoms with E-state index in [1.807, 2.05) is 18.2 Å². The summed E-state index contributed by atoms with van der Waals surface area (Å²) in [5.41, 5.74) is 3.81. The van der Waals surface area contributed by atoms with Crippen LogP contribution in [0.15, 0.2) is 36.4 Å². The number of methoxy groups -OCH3 is 1. The lowest BCUT2D eigenvalue weighted by molar-refractivity contribution is 0.357. The van der Waals surface area contributed by atoms with Crippen molar-refractivity contribution in [2.75, 3.05) is 13.7 Å². The minimum absolute atomic E-state index is 0.221. The van der Waals surface area contributed by atoms with Crippen molar-refractivity contribution in [2.24, 2.45) is 0 Å². The van der Waals surface area contributed by atoms with Gasteiger partial charge >= 0.3 is 0 Å².